The maximum atomic E-state index is 11.2. The Hall–Kier alpha value is -2.28. The van der Waals surface area contributed by atoms with Crippen LogP contribution < -0.4 is 4.74 Å². The number of nitrogens with zero attached hydrogens (tertiary/aromatic N) is 3. The van der Waals surface area contributed by atoms with Crippen LogP contribution in [-0.2, 0) is 16.2 Å². The van der Waals surface area contributed by atoms with Crippen molar-refractivity contribution in [3.05, 3.63) is 28.8 Å². The van der Waals surface area contributed by atoms with E-state index in [1.54, 1.807) is 11.1 Å². The minimum Gasteiger partial charge on any atom is -0.494 e. The van der Waals surface area contributed by atoms with Gasteiger partial charge in [-0.3, -0.25) is 9.69 Å². The van der Waals surface area contributed by atoms with Gasteiger partial charge < -0.3 is 19.6 Å². The minimum atomic E-state index is -0.674. The molecular weight excluding hydrogens is 430 g/mol. The number of aliphatic carboxylic acids is 1. The summed E-state index contributed by atoms with van der Waals surface area (Å²) in [5.41, 5.74) is 4.25. The number of ether oxygens (including phenoxy) is 1. The molecule has 0 amide bonds. The zero-order chi connectivity index (χ0) is 23.3. The van der Waals surface area contributed by atoms with Crippen LogP contribution in [0.2, 0.25) is 0 Å². The van der Waals surface area contributed by atoms with Gasteiger partial charge in [-0.05, 0) is 74.5 Å². The van der Waals surface area contributed by atoms with Gasteiger partial charge in [0.2, 0.25) is 0 Å². The predicted molar refractivity (Wildman–Crippen MR) is 129 cm³/mol. The van der Waals surface area contributed by atoms with Gasteiger partial charge in [-0.1, -0.05) is 17.6 Å². The molecule has 3 heterocycles. The molecule has 5 aliphatic rings. The van der Waals surface area contributed by atoms with E-state index in [2.05, 4.69) is 34.0 Å². The van der Waals surface area contributed by atoms with Crippen molar-refractivity contribution in [2.24, 2.45) is 11.1 Å². The van der Waals surface area contributed by atoms with Crippen LogP contribution >= 0.6 is 0 Å². The molecule has 6 rings (SSSR count). The Morgan fingerprint density at radius 3 is 2.44 bits per heavy atom. The zero-order valence-corrected chi connectivity index (χ0v) is 20.3. The fraction of sp³-hybridized carbons (Fsp3) is 0.704. The number of hydrogen-bond acceptors (Lipinski definition) is 6. The third-order valence-electron chi connectivity index (χ3n) is 8.58. The van der Waals surface area contributed by atoms with Crippen molar-refractivity contribution in [1.82, 2.24) is 9.80 Å². The standard InChI is InChI=1S/C27H37N3O4/c1-2-33-24-13-23(18-4-3-5-18)22(19-6-7-19)12-21(24)15-29-16-27(17-29)14-25(28-34-27)30-10-8-20(9-11-30)26(31)32/h12-13,18-20H,2-11,14-17H2,1H3,(H,31,32). The molecule has 2 aliphatic carbocycles. The Labute approximate surface area is 202 Å². The van der Waals surface area contributed by atoms with Crippen LogP contribution in [0.4, 0.5) is 0 Å². The number of carbonyl (C=O) groups is 1. The van der Waals surface area contributed by atoms with Gasteiger partial charge in [-0.2, -0.15) is 0 Å². The van der Waals surface area contributed by atoms with Crippen LogP contribution in [0.3, 0.4) is 0 Å². The lowest BCUT2D eigenvalue weighted by Crippen LogP contribution is -2.61. The highest BCUT2D eigenvalue weighted by atomic mass is 16.7. The fourth-order valence-corrected chi connectivity index (χ4v) is 6.24. The largest absolute Gasteiger partial charge is 0.494 e. The summed E-state index contributed by atoms with van der Waals surface area (Å²) in [6, 6.07) is 4.84. The number of piperidine rings is 1. The first-order chi connectivity index (χ1) is 16.5. The first-order valence-electron chi connectivity index (χ1n) is 13.3. The molecule has 1 aromatic rings. The van der Waals surface area contributed by atoms with E-state index >= 15 is 0 Å². The van der Waals surface area contributed by atoms with Crippen molar-refractivity contribution < 1.29 is 19.5 Å². The number of carboxylic acids is 1. The Morgan fingerprint density at radius 2 is 1.82 bits per heavy atom. The number of rotatable bonds is 7. The van der Waals surface area contributed by atoms with Crippen LogP contribution in [-0.4, -0.2) is 65.1 Å². The Kier molecular flexibility index (Phi) is 5.71. The molecule has 1 aromatic carbocycles. The number of carboxylic acid groups (broad SMARTS) is 1. The van der Waals surface area contributed by atoms with Crippen molar-refractivity contribution in [2.45, 2.75) is 82.3 Å². The van der Waals surface area contributed by atoms with E-state index in [-0.39, 0.29) is 11.5 Å². The van der Waals surface area contributed by atoms with Gasteiger partial charge in [0.05, 0.1) is 18.9 Å². The summed E-state index contributed by atoms with van der Waals surface area (Å²) in [5.74, 6) is 2.67. The average molecular weight is 468 g/mol. The smallest absolute Gasteiger partial charge is 0.306 e. The number of benzene rings is 1. The summed E-state index contributed by atoms with van der Waals surface area (Å²) < 4.78 is 6.13. The number of amidine groups is 1. The molecule has 0 unspecified atom stereocenters. The van der Waals surface area contributed by atoms with Crippen LogP contribution in [0.1, 0.15) is 86.8 Å². The topological polar surface area (TPSA) is 74.6 Å². The normalized spacial score (nSPS) is 25.0. The molecule has 7 heteroatoms. The SMILES string of the molecule is CCOc1cc(C2CCC2)c(C2CC2)cc1CN1CC2(CC(N3CCC(C(=O)O)CC3)=NO2)C1. The average Bonchev–Trinajstić information content (AvgIpc) is 3.52. The lowest BCUT2D eigenvalue weighted by atomic mass is 9.77. The van der Waals surface area contributed by atoms with E-state index in [0.717, 1.165) is 62.6 Å². The Bertz CT molecular complexity index is 970. The lowest BCUT2D eigenvalue weighted by molar-refractivity contribution is -0.143. The van der Waals surface area contributed by atoms with Gasteiger partial charge in [-0.25, -0.2) is 0 Å². The van der Waals surface area contributed by atoms with Gasteiger partial charge in [0.1, 0.15) is 11.6 Å². The maximum absolute atomic E-state index is 11.2. The molecule has 0 aromatic heterocycles. The third-order valence-corrected chi connectivity index (χ3v) is 8.58. The molecule has 184 valence electrons. The number of likely N-dealkylation sites (tertiary alicyclic amines) is 2. The van der Waals surface area contributed by atoms with E-state index in [9.17, 15) is 9.90 Å². The minimum absolute atomic E-state index is 0.212. The molecule has 0 radical (unpaired) electrons. The number of hydrogen-bond donors (Lipinski definition) is 1. The third kappa shape index (κ3) is 4.16. The summed E-state index contributed by atoms with van der Waals surface area (Å²) in [4.78, 5) is 21.9. The highest BCUT2D eigenvalue weighted by Gasteiger charge is 2.51. The summed E-state index contributed by atoms with van der Waals surface area (Å²) in [7, 11) is 0. The molecule has 4 fully saturated rings. The monoisotopic (exact) mass is 467 g/mol. The molecule has 2 saturated heterocycles. The molecular formula is C27H37N3O4. The van der Waals surface area contributed by atoms with Gasteiger partial charge >= 0.3 is 5.97 Å². The van der Waals surface area contributed by atoms with Crippen LogP contribution in [0.15, 0.2) is 17.3 Å². The van der Waals surface area contributed by atoms with E-state index in [0.29, 0.717) is 19.4 Å². The first-order valence-corrected chi connectivity index (χ1v) is 13.3. The highest BCUT2D eigenvalue weighted by molar-refractivity contribution is 5.84. The predicted octanol–water partition coefficient (Wildman–Crippen LogP) is 4.32. The van der Waals surface area contributed by atoms with Gasteiger partial charge in [-0.15, -0.1) is 0 Å². The van der Waals surface area contributed by atoms with E-state index in [1.165, 1.54) is 37.7 Å². The van der Waals surface area contributed by atoms with Crippen LogP contribution in [0.25, 0.3) is 0 Å². The highest BCUT2D eigenvalue weighted by Crippen LogP contribution is 2.49. The van der Waals surface area contributed by atoms with Crippen molar-refractivity contribution in [3.8, 4) is 5.75 Å². The van der Waals surface area contributed by atoms with Gasteiger partial charge in [0, 0.05) is 38.3 Å². The fourth-order valence-electron chi connectivity index (χ4n) is 6.24. The van der Waals surface area contributed by atoms with Crippen molar-refractivity contribution in [1.29, 1.82) is 0 Å². The second-order valence-electron chi connectivity index (χ2n) is 11.1. The van der Waals surface area contributed by atoms with Gasteiger partial charge in [0.25, 0.3) is 0 Å². The zero-order valence-electron chi connectivity index (χ0n) is 20.3. The van der Waals surface area contributed by atoms with Crippen molar-refractivity contribution in [3.63, 3.8) is 0 Å². The molecule has 1 spiro atoms. The van der Waals surface area contributed by atoms with Crippen molar-refractivity contribution >= 4 is 11.8 Å². The molecule has 3 aliphatic heterocycles. The van der Waals surface area contributed by atoms with Crippen LogP contribution in [0, 0.1) is 5.92 Å². The first kappa shape index (κ1) is 22.2. The van der Waals surface area contributed by atoms with Gasteiger partial charge in [0.15, 0.2) is 5.60 Å². The molecule has 2 saturated carbocycles. The number of oxime groups is 1. The molecule has 34 heavy (non-hydrogen) atoms. The van der Waals surface area contributed by atoms with Crippen molar-refractivity contribution in [2.75, 3.05) is 32.8 Å². The quantitative estimate of drug-likeness (QED) is 0.644. The van der Waals surface area contributed by atoms with E-state index < -0.39 is 5.97 Å². The molecule has 1 N–H and O–H groups in total. The van der Waals surface area contributed by atoms with E-state index in [1.807, 2.05) is 0 Å². The molecule has 0 atom stereocenters. The molecule has 7 nitrogen and oxygen atoms in total. The Morgan fingerprint density at radius 1 is 1.12 bits per heavy atom. The second-order valence-corrected chi connectivity index (χ2v) is 11.1. The summed E-state index contributed by atoms with van der Waals surface area (Å²) in [5, 5.41) is 13.7. The summed E-state index contributed by atoms with van der Waals surface area (Å²) >= 11 is 0. The second kappa shape index (κ2) is 8.74. The summed E-state index contributed by atoms with van der Waals surface area (Å²) in [6.45, 7) is 6.93. The van der Waals surface area contributed by atoms with Crippen LogP contribution in [0.5, 0.6) is 5.75 Å². The van der Waals surface area contributed by atoms with E-state index in [4.69, 9.17) is 9.57 Å². The Balaban J connectivity index is 1.09. The summed E-state index contributed by atoms with van der Waals surface area (Å²) in [6.07, 6.45) is 8.88. The molecule has 0 bridgehead atoms. The maximum Gasteiger partial charge on any atom is 0.306 e. The lowest BCUT2D eigenvalue weighted by Gasteiger charge is -2.45.